The van der Waals surface area contributed by atoms with Crippen LogP contribution in [0.5, 0.6) is 5.75 Å². The van der Waals surface area contributed by atoms with Gasteiger partial charge in [0.25, 0.3) is 0 Å². The van der Waals surface area contributed by atoms with Gasteiger partial charge < -0.3 is 15.3 Å². The highest BCUT2D eigenvalue weighted by atomic mass is 16.5. The Morgan fingerprint density at radius 3 is 2.89 bits per heavy atom. The lowest BCUT2D eigenvalue weighted by atomic mass is 10.1. The number of unbranched alkanes of at least 4 members (excludes halogenated alkanes) is 1. The summed E-state index contributed by atoms with van der Waals surface area (Å²) in [6, 6.07) is 13.5. The summed E-state index contributed by atoms with van der Waals surface area (Å²) in [5.41, 5.74) is 3.23. The standard InChI is InChI=1S/C21H22N4O3/c1-15(26)28-21-10-9-16(25-20(21)14-24-27)6-4-5-12-22-19-11-13-23-18-8-3-2-7-17(18)19/h2-3,7-11,13-14,27H,4-6,12H2,1H3,(H,22,23). The van der Waals surface area contributed by atoms with Crippen molar-refractivity contribution < 1.29 is 14.7 Å². The van der Waals surface area contributed by atoms with Gasteiger partial charge >= 0.3 is 5.97 Å². The van der Waals surface area contributed by atoms with Crippen molar-refractivity contribution in [3.63, 3.8) is 0 Å². The first-order chi connectivity index (χ1) is 13.7. The van der Waals surface area contributed by atoms with E-state index in [4.69, 9.17) is 9.94 Å². The first-order valence-electron chi connectivity index (χ1n) is 9.11. The lowest BCUT2D eigenvalue weighted by molar-refractivity contribution is -0.131. The number of carbonyl (C=O) groups excluding carboxylic acids is 1. The molecule has 0 saturated carbocycles. The van der Waals surface area contributed by atoms with Crippen molar-refractivity contribution in [2.24, 2.45) is 5.16 Å². The molecular formula is C21H22N4O3. The molecule has 28 heavy (non-hydrogen) atoms. The highest BCUT2D eigenvalue weighted by molar-refractivity contribution is 5.90. The van der Waals surface area contributed by atoms with Gasteiger partial charge in [-0.15, -0.1) is 0 Å². The topological polar surface area (TPSA) is 96.7 Å². The number of oxime groups is 1. The predicted octanol–water partition coefficient (Wildman–Crippen LogP) is 3.80. The van der Waals surface area contributed by atoms with Crippen LogP contribution in [-0.2, 0) is 11.2 Å². The fourth-order valence-electron chi connectivity index (χ4n) is 2.94. The summed E-state index contributed by atoms with van der Waals surface area (Å²) in [6.07, 6.45) is 5.64. The molecule has 0 amide bonds. The number of hydrogen-bond donors (Lipinski definition) is 2. The number of aryl methyl sites for hydroxylation is 1. The van der Waals surface area contributed by atoms with Crippen LogP contribution in [0.1, 0.15) is 31.2 Å². The van der Waals surface area contributed by atoms with Gasteiger partial charge in [0.05, 0.1) is 11.7 Å². The van der Waals surface area contributed by atoms with E-state index in [9.17, 15) is 4.79 Å². The summed E-state index contributed by atoms with van der Waals surface area (Å²) in [5.74, 6) is -0.169. The van der Waals surface area contributed by atoms with Crippen molar-refractivity contribution in [3.05, 3.63) is 60.0 Å². The second-order valence-electron chi connectivity index (χ2n) is 6.28. The van der Waals surface area contributed by atoms with E-state index in [0.29, 0.717) is 5.69 Å². The van der Waals surface area contributed by atoms with E-state index in [1.165, 1.54) is 6.92 Å². The molecule has 3 rings (SSSR count). The third-order valence-electron chi connectivity index (χ3n) is 4.20. The van der Waals surface area contributed by atoms with Crippen molar-refractivity contribution in [1.29, 1.82) is 0 Å². The Hall–Kier alpha value is -3.48. The molecule has 0 fully saturated rings. The minimum absolute atomic E-state index is 0.278. The molecule has 2 heterocycles. The Bertz CT molecular complexity index is 983. The largest absolute Gasteiger partial charge is 0.424 e. The predicted molar refractivity (Wildman–Crippen MR) is 108 cm³/mol. The molecule has 0 spiro atoms. The van der Waals surface area contributed by atoms with Gasteiger partial charge in [-0.1, -0.05) is 23.4 Å². The van der Waals surface area contributed by atoms with Gasteiger partial charge in [0, 0.05) is 36.4 Å². The molecule has 0 unspecified atom stereocenters. The number of fused-ring (bicyclic) bond motifs is 1. The quantitative estimate of drug-likeness (QED) is 0.203. The molecule has 144 valence electrons. The highest BCUT2D eigenvalue weighted by Gasteiger charge is 2.08. The van der Waals surface area contributed by atoms with Gasteiger partial charge in [-0.3, -0.25) is 9.78 Å². The lowest BCUT2D eigenvalue weighted by Gasteiger charge is -2.10. The number of ether oxygens (including phenoxy) is 1. The highest BCUT2D eigenvalue weighted by Crippen LogP contribution is 2.21. The number of benzene rings is 1. The van der Waals surface area contributed by atoms with Gasteiger partial charge in [0.15, 0.2) is 5.75 Å². The second kappa shape index (κ2) is 9.45. The third-order valence-corrected chi connectivity index (χ3v) is 4.20. The normalized spacial score (nSPS) is 11.0. The van der Waals surface area contributed by atoms with E-state index in [1.807, 2.05) is 36.5 Å². The fourth-order valence-corrected chi connectivity index (χ4v) is 2.94. The Morgan fingerprint density at radius 1 is 1.21 bits per heavy atom. The number of esters is 1. The van der Waals surface area contributed by atoms with E-state index in [1.54, 1.807) is 6.07 Å². The van der Waals surface area contributed by atoms with Crippen molar-refractivity contribution in [2.45, 2.75) is 26.2 Å². The van der Waals surface area contributed by atoms with E-state index in [2.05, 4.69) is 26.5 Å². The number of aromatic nitrogens is 2. The molecule has 3 aromatic rings. The molecule has 2 aromatic heterocycles. The van der Waals surface area contributed by atoms with Crippen molar-refractivity contribution in [2.75, 3.05) is 11.9 Å². The molecule has 0 aliphatic rings. The average Bonchev–Trinajstić information content (AvgIpc) is 2.69. The van der Waals surface area contributed by atoms with Crippen LogP contribution in [0, 0.1) is 0 Å². The van der Waals surface area contributed by atoms with Crippen LogP contribution < -0.4 is 10.1 Å². The summed E-state index contributed by atoms with van der Waals surface area (Å²) < 4.78 is 5.06. The van der Waals surface area contributed by atoms with Crippen LogP contribution in [0.15, 0.2) is 53.8 Å². The van der Waals surface area contributed by atoms with Crippen LogP contribution in [0.2, 0.25) is 0 Å². The number of hydrogen-bond acceptors (Lipinski definition) is 7. The van der Waals surface area contributed by atoms with Gasteiger partial charge in [-0.25, -0.2) is 4.98 Å². The summed E-state index contributed by atoms with van der Waals surface area (Å²) >= 11 is 0. The maximum absolute atomic E-state index is 11.1. The van der Waals surface area contributed by atoms with Crippen LogP contribution >= 0.6 is 0 Å². The molecule has 2 N–H and O–H groups in total. The molecule has 0 aliphatic heterocycles. The van der Waals surface area contributed by atoms with Gasteiger partial charge in [-0.05, 0) is 43.5 Å². The van der Waals surface area contributed by atoms with E-state index < -0.39 is 5.97 Å². The molecule has 0 radical (unpaired) electrons. The monoisotopic (exact) mass is 378 g/mol. The van der Waals surface area contributed by atoms with Crippen LogP contribution in [0.25, 0.3) is 10.9 Å². The van der Waals surface area contributed by atoms with Crippen molar-refractivity contribution >= 4 is 28.8 Å². The maximum Gasteiger partial charge on any atom is 0.308 e. The second-order valence-corrected chi connectivity index (χ2v) is 6.28. The zero-order valence-corrected chi connectivity index (χ0v) is 15.6. The minimum Gasteiger partial charge on any atom is -0.424 e. The van der Waals surface area contributed by atoms with Crippen molar-refractivity contribution in [1.82, 2.24) is 9.97 Å². The van der Waals surface area contributed by atoms with E-state index in [0.717, 1.165) is 54.3 Å². The summed E-state index contributed by atoms with van der Waals surface area (Å²) in [4.78, 5) is 19.9. The first-order valence-corrected chi connectivity index (χ1v) is 9.11. The SMILES string of the molecule is CC(=O)Oc1ccc(CCCCNc2ccnc3ccccc23)nc1C=NO. The lowest BCUT2D eigenvalue weighted by Crippen LogP contribution is -2.07. The number of nitrogens with zero attached hydrogens (tertiary/aromatic N) is 3. The molecule has 1 aromatic carbocycles. The maximum atomic E-state index is 11.1. The van der Waals surface area contributed by atoms with Gasteiger partial charge in [0.2, 0.25) is 0 Å². The average molecular weight is 378 g/mol. The molecule has 7 nitrogen and oxygen atoms in total. The number of anilines is 1. The van der Waals surface area contributed by atoms with Crippen molar-refractivity contribution in [3.8, 4) is 5.75 Å². The Kier molecular flexibility index (Phi) is 6.51. The Labute approximate surface area is 163 Å². The molecule has 0 atom stereocenters. The van der Waals surface area contributed by atoms with Gasteiger partial charge in [-0.2, -0.15) is 0 Å². The number of para-hydroxylation sites is 1. The Morgan fingerprint density at radius 2 is 2.07 bits per heavy atom. The zero-order valence-electron chi connectivity index (χ0n) is 15.6. The Balaban J connectivity index is 1.53. The van der Waals surface area contributed by atoms with E-state index >= 15 is 0 Å². The number of carbonyl (C=O) groups is 1. The number of pyridine rings is 2. The molecular weight excluding hydrogens is 356 g/mol. The summed E-state index contributed by atoms with van der Waals surface area (Å²) in [7, 11) is 0. The van der Waals surface area contributed by atoms with Crippen LogP contribution in [0.4, 0.5) is 5.69 Å². The molecule has 0 bridgehead atoms. The zero-order chi connectivity index (χ0) is 19.8. The minimum atomic E-state index is -0.447. The smallest absolute Gasteiger partial charge is 0.308 e. The van der Waals surface area contributed by atoms with E-state index in [-0.39, 0.29) is 5.75 Å². The first kappa shape index (κ1) is 19.3. The van der Waals surface area contributed by atoms with Crippen LogP contribution in [0.3, 0.4) is 0 Å². The fraction of sp³-hybridized carbons (Fsp3) is 0.238. The van der Waals surface area contributed by atoms with Gasteiger partial charge in [0.1, 0.15) is 5.69 Å². The summed E-state index contributed by atoms with van der Waals surface area (Å²) in [5, 5.41) is 16.3. The molecule has 0 aliphatic carbocycles. The summed E-state index contributed by atoms with van der Waals surface area (Å²) in [6.45, 7) is 2.15. The molecule has 7 heteroatoms. The molecule has 0 saturated heterocycles. The third kappa shape index (κ3) is 5.03. The number of rotatable bonds is 8. The number of nitrogens with one attached hydrogen (secondary N) is 1. The van der Waals surface area contributed by atoms with Crippen LogP contribution in [-0.4, -0.2) is 33.9 Å².